The molecule has 0 atom stereocenters. The zero-order chi connectivity index (χ0) is 25.0. The van der Waals surface area contributed by atoms with E-state index in [9.17, 15) is 4.79 Å². The van der Waals surface area contributed by atoms with Crippen LogP contribution in [0.4, 0.5) is 5.95 Å². The molecule has 2 N–H and O–H groups in total. The molecule has 1 aliphatic carbocycles. The molecule has 1 saturated carbocycles. The smallest absolute Gasteiger partial charge is 0.249 e. The molecule has 1 aromatic carbocycles. The Morgan fingerprint density at radius 1 is 1.03 bits per heavy atom. The predicted molar refractivity (Wildman–Crippen MR) is 146 cm³/mol. The third-order valence-corrected chi connectivity index (χ3v) is 8.04. The van der Waals surface area contributed by atoms with Crippen LogP contribution in [0.15, 0.2) is 59.7 Å². The first-order valence-corrected chi connectivity index (χ1v) is 13.5. The molecule has 0 amide bonds. The highest BCUT2D eigenvalue weighted by Crippen LogP contribution is 2.38. The third-order valence-electron chi connectivity index (χ3n) is 8.04. The van der Waals surface area contributed by atoms with Crippen molar-refractivity contribution in [3.63, 3.8) is 0 Å². The van der Waals surface area contributed by atoms with Crippen LogP contribution in [0, 0.1) is 17.8 Å². The summed E-state index contributed by atoms with van der Waals surface area (Å²) in [5.41, 5.74) is 4.41. The second-order valence-electron chi connectivity index (χ2n) is 10.3. The largest absolute Gasteiger partial charge is 0.381 e. The van der Waals surface area contributed by atoms with E-state index in [1.54, 1.807) is 12.4 Å². The maximum absolute atomic E-state index is 13.3. The zero-order valence-corrected chi connectivity index (χ0v) is 21.0. The number of aromatic amines is 1. The molecule has 1 saturated heterocycles. The number of aromatic nitrogens is 3. The van der Waals surface area contributed by atoms with Gasteiger partial charge in [0.15, 0.2) is 5.78 Å². The summed E-state index contributed by atoms with van der Waals surface area (Å²) in [6.45, 7) is 2.59. The fraction of sp³-hybridized carbons (Fsp3) is 0.400. The number of nitrogens with zero attached hydrogens (tertiary/aromatic N) is 3. The highest BCUT2D eigenvalue weighted by molar-refractivity contribution is 6.01. The molecule has 0 spiro atoms. The monoisotopic (exact) mass is 495 g/mol. The van der Waals surface area contributed by atoms with Gasteiger partial charge in [-0.15, -0.1) is 0 Å². The van der Waals surface area contributed by atoms with Gasteiger partial charge in [-0.2, -0.15) is 0 Å². The summed E-state index contributed by atoms with van der Waals surface area (Å²) in [6, 6.07) is 9.92. The van der Waals surface area contributed by atoms with Crippen LogP contribution in [0.2, 0.25) is 0 Å². The maximum Gasteiger partial charge on any atom is 0.249 e. The lowest BCUT2D eigenvalue weighted by Crippen LogP contribution is -2.29. The van der Waals surface area contributed by atoms with E-state index in [0.717, 1.165) is 90.8 Å². The molecule has 7 heteroatoms. The number of Topliss-reactive ketones (excluding diaryl/α,β-unsaturated/α-hetero) is 1. The van der Waals surface area contributed by atoms with Crippen LogP contribution in [0.25, 0.3) is 16.6 Å². The molecule has 2 aliphatic heterocycles. The average molecular weight is 496 g/mol. The van der Waals surface area contributed by atoms with Gasteiger partial charge in [-0.05, 0) is 86.3 Å². The van der Waals surface area contributed by atoms with Gasteiger partial charge in [-0.1, -0.05) is 18.2 Å². The lowest BCUT2D eigenvalue weighted by molar-refractivity contribution is 0.0348. The van der Waals surface area contributed by atoms with Crippen LogP contribution in [0.3, 0.4) is 0 Å². The summed E-state index contributed by atoms with van der Waals surface area (Å²) in [7, 11) is 0. The van der Waals surface area contributed by atoms with Crippen molar-refractivity contribution in [2.75, 3.05) is 19.8 Å². The Labute approximate surface area is 217 Å². The highest BCUT2D eigenvalue weighted by atomic mass is 16.5. The van der Waals surface area contributed by atoms with Gasteiger partial charge in [-0.3, -0.25) is 4.79 Å². The molecular weight excluding hydrogens is 462 g/mol. The van der Waals surface area contributed by atoms with Gasteiger partial charge in [-0.25, -0.2) is 15.0 Å². The van der Waals surface area contributed by atoms with Gasteiger partial charge < -0.3 is 15.0 Å². The average Bonchev–Trinajstić information content (AvgIpc) is 3.40. The Morgan fingerprint density at radius 3 is 2.68 bits per heavy atom. The maximum atomic E-state index is 13.3. The van der Waals surface area contributed by atoms with E-state index >= 15 is 0 Å². The molecule has 7 nitrogen and oxygen atoms in total. The minimum absolute atomic E-state index is 0.124. The molecule has 4 heterocycles. The van der Waals surface area contributed by atoms with Crippen molar-refractivity contribution in [1.82, 2.24) is 20.3 Å². The van der Waals surface area contributed by atoms with E-state index in [4.69, 9.17) is 4.74 Å². The van der Waals surface area contributed by atoms with Gasteiger partial charge in [0, 0.05) is 49.0 Å². The van der Waals surface area contributed by atoms with Gasteiger partial charge in [0.1, 0.15) is 0 Å². The number of allylic oxidation sites excluding steroid dienone is 2. The highest BCUT2D eigenvalue weighted by Gasteiger charge is 2.32. The number of fused-ring (bicyclic) bond motifs is 1. The number of ketones is 1. The molecule has 0 unspecified atom stereocenters. The Balaban J connectivity index is 1.12. The van der Waals surface area contributed by atoms with Crippen molar-refractivity contribution in [1.29, 1.82) is 0 Å². The first kappa shape index (κ1) is 23.8. The molecule has 0 bridgehead atoms. The van der Waals surface area contributed by atoms with Crippen LogP contribution < -0.4 is 5.32 Å². The van der Waals surface area contributed by atoms with E-state index < -0.39 is 0 Å². The van der Waals surface area contributed by atoms with Crippen LogP contribution >= 0.6 is 0 Å². The van der Waals surface area contributed by atoms with Gasteiger partial charge in [0.05, 0.1) is 17.1 Å². The van der Waals surface area contributed by atoms with Crippen molar-refractivity contribution in [3.05, 3.63) is 71.7 Å². The molecule has 6 rings (SSSR count). The van der Waals surface area contributed by atoms with E-state index in [0.29, 0.717) is 5.95 Å². The molecule has 3 aliphatic rings. The summed E-state index contributed by atoms with van der Waals surface area (Å²) in [4.78, 5) is 30.0. The molecule has 2 aromatic heterocycles. The van der Waals surface area contributed by atoms with Crippen molar-refractivity contribution < 1.29 is 9.53 Å². The van der Waals surface area contributed by atoms with Crippen molar-refractivity contribution in [2.45, 2.75) is 38.5 Å². The zero-order valence-electron chi connectivity index (χ0n) is 21.0. The summed E-state index contributed by atoms with van der Waals surface area (Å²) < 4.78 is 5.53. The molecule has 0 radical (unpaired) electrons. The minimum Gasteiger partial charge on any atom is -0.381 e. The van der Waals surface area contributed by atoms with Crippen molar-refractivity contribution in [2.24, 2.45) is 22.7 Å². The third kappa shape index (κ3) is 5.42. The number of aliphatic imine (C=N–C) groups is 1. The molecule has 3 aromatic rings. The standard InChI is InChI=1S/C30H33N5O2/c36-29(23-7-5-21(6-8-23)22-11-15-37-16-12-22)28-18-24-17-20(4-9-25(24)34-28)19-33-30-32-14-10-27(35-30)26-3-1-2-13-31-26/h1-4,9-10,14,17-19,21-23,31,34H,5-8,11-13,15-16H2. The number of nitrogens with one attached hydrogen (secondary N) is 2. The summed E-state index contributed by atoms with van der Waals surface area (Å²) >= 11 is 0. The van der Waals surface area contributed by atoms with Crippen LogP contribution in [0.5, 0.6) is 0 Å². The fourth-order valence-corrected chi connectivity index (χ4v) is 5.95. The SMILES string of the molecule is O=C(c1cc2cc(C=Nc3nccc(C4=CC=CCN4)n3)ccc2[nH]1)C1CCC(C2CCOCC2)CC1. The second-order valence-corrected chi connectivity index (χ2v) is 10.3. The topological polar surface area (TPSA) is 92.3 Å². The number of benzene rings is 1. The number of carbonyl (C=O) groups excluding carboxylic acids is 1. The van der Waals surface area contributed by atoms with Crippen LogP contribution in [-0.2, 0) is 4.74 Å². The van der Waals surface area contributed by atoms with E-state index in [2.05, 4.69) is 31.3 Å². The van der Waals surface area contributed by atoms with E-state index in [1.165, 1.54) is 12.8 Å². The second kappa shape index (κ2) is 10.8. The van der Waals surface area contributed by atoms with Crippen LogP contribution in [0.1, 0.15) is 60.3 Å². The summed E-state index contributed by atoms with van der Waals surface area (Å²) in [5, 5.41) is 4.32. The van der Waals surface area contributed by atoms with E-state index in [1.807, 2.05) is 42.5 Å². The summed E-state index contributed by atoms with van der Waals surface area (Å²) in [5.74, 6) is 2.33. The Bertz CT molecular complexity index is 1360. The number of hydrogen-bond acceptors (Lipinski definition) is 6. The first-order chi connectivity index (χ1) is 18.2. The number of carbonyl (C=O) groups is 1. The summed E-state index contributed by atoms with van der Waals surface area (Å²) in [6.07, 6.45) is 16.2. The molecule has 37 heavy (non-hydrogen) atoms. The Kier molecular flexibility index (Phi) is 6.95. The molecule has 2 fully saturated rings. The van der Waals surface area contributed by atoms with Crippen LogP contribution in [-0.4, -0.2) is 46.7 Å². The number of rotatable bonds is 6. The fourth-order valence-electron chi connectivity index (χ4n) is 5.95. The molecule has 190 valence electrons. The lowest BCUT2D eigenvalue weighted by atomic mass is 9.72. The Morgan fingerprint density at radius 2 is 1.86 bits per heavy atom. The number of dihydropyridines is 1. The van der Waals surface area contributed by atoms with Gasteiger partial charge in [0.25, 0.3) is 0 Å². The number of hydrogen-bond donors (Lipinski definition) is 2. The molecular formula is C30H33N5O2. The quantitative estimate of drug-likeness (QED) is 0.342. The number of ether oxygens (including phenoxy) is 1. The van der Waals surface area contributed by atoms with Gasteiger partial charge in [0.2, 0.25) is 5.95 Å². The van der Waals surface area contributed by atoms with Crippen molar-refractivity contribution in [3.8, 4) is 0 Å². The van der Waals surface area contributed by atoms with E-state index in [-0.39, 0.29) is 11.7 Å². The number of H-pyrrole nitrogens is 1. The van der Waals surface area contributed by atoms with Crippen molar-refractivity contribution >= 4 is 34.5 Å². The minimum atomic E-state index is 0.124. The van der Waals surface area contributed by atoms with Gasteiger partial charge >= 0.3 is 0 Å². The Hall–Kier alpha value is -3.58. The first-order valence-electron chi connectivity index (χ1n) is 13.5. The predicted octanol–water partition coefficient (Wildman–Crippen LogP) is 5.62. The normalized spacial score (nSPS) is 22.8. The lowest BCUT2D eigenvalue weighted by Gasteiger charge is -2.35.